The van der Waals surface area contributed by atoms with Crippen LogP contribution in [0.1, 0.15) is 26.2 Å². The number of piperidine rings is 1. The fourth-order valence-corrected chi connectivity index (χ4v) is 2.34. The van der Waals surface area contributed by atoms with Gasteiger partial charge in [0, 0.05) is 39.4 Å². The monoisotopic (exact) mass is 230 g/mol. The van der Waals surface area contributed by atoms with E-state index in [2.05, 4.69) is 17.1 Å². The van der Waals surface area contributed by atoms with Crippen LogP contribution in [0.2, 0.25) is 0 Å². The molecule has 0 bridgehead atoms. The van der Waals surface area contributed by atoms with E-state index in [-0.39, 0.29) is 6.61 Å². The summed E-state index contributed by atoms with van der Waals surface area (Å²) >= 11 is 0. The number of hydrogen-bond acceptors (Lipinski definition) is 4. The molecule has 0 aromatic carbocycles. The Hall–Kier alpha value is -0.160. The van der Waals surface area contributed by atoms with Crippen LogP contribution in [0.25, 0.3) is 0 Å². The molecular formula is C12H26N2O2. The Kier molecular flexibility index (Phi) is 6.96. The lowest BCUT2D eigenvalue weighted by molar-refractivity contribution is 0.0375. The number of rotatable bonds is 7. The van der Waals surface area contributed by atoms with Gasteiger partial charge in [-0.2, -0.15) is 0 Å². The zero-order valence-electron chi connectivity index (χ0n) is 10.6. The largest absolute Gasteiger partial charge is 0.396 e. The lowest BCUT2D eigenvalue weighted by Gasteiger charge is -2.33. The molecule has 0 spiro atoms. The van der Waals surface area contributed by atoms with Gasteiger partial charge in [0.05, 0.1) is 6.10 Å². The van der Waals surface area contributed by atoms with Crippen LogP contribution in [0, 0.1) is 0 Å². The van der Waals surface area contributed by atoms with Crippen LogP contribution in [-0.4, -0.2) is 62.0 Å². The van der Waals surface area contributed by atoms with Crippen molar-refractivity contribution in [3.63, 3.8) is 0 Å². The van der Waals surface area contributed by atoms with Gasteiger partial charge in [-0.15, -0.1) is 0 Å². The maximum atomic E-state index is 8.99. The van der Waals surface area contributed by atoms with Crippen LogP contribution in [0.3, 0.4) is 0 Å². The Morgan fingerprint density at radius 1 is 1.44 bits per heavy atom. The van der Waals surface area contributed by atoms with E-state index in [9.17, 15) is 0 Å². The highest BCUT2D eigenvalue weighted by Crippen LogP contribution is 2.13. The molecule has 4 nitrogen and oxygen atoms in total. The molecule has 1 saturated heterocycles. The minimum absolute atomic E-state index is 0.270. The summed E-state index contributed by atoms with van der Waals surface area (Å²) in [5.41, 5.74) is 0. The molecule has 0 aromatic rings. The van der Waals surface area contributed by atoms with Gasteiger partial charge in [0.2, 0.25) is 0 Å². The molecular weight excluding hydrogens is 204 g/mol. The number of likely N-dealkylation sites (tertiary alicyclic amines) is 1. The van der Waals surface area contributed by atoms with E-state index in [1.807, 2.05) is 0 Å². The number of aliphatic hydroxyl groups is 1. The first-order valence-corrected chi connectivity index (χ1v) is 6.39. The van der Waals surface area contributed by atoms with Gasteiger partial charge >= 0.3 is 0 Å². The number of nitrogens with zero attached hydrogens (tertiary/aromatic N) is 1. The molecule has 0 amide bonds. The number of nitrogens with one attached hydrogen (secondary N) is 1. The van der Waals surface area contributed by atoms with E-state index < -0.39 is 0 Å². The van der Waals surface area contributed by atoms with E-state index >= 15 is 0 Å². The van der Waals surface area contributed by atoms with Crippen molar-refractivity contribution in [1.29, 1.82) is 0 Å². The second kappa shape index (κ2) is 8.01. The van der Waals surface area contributed by atoms with Crippen molar-refractivity contribution < 1.29 is 9.84 Å². The highest BCUT2D eigenvalue weighted by atomic mass is 16.5. The van der Waals surface area contributed by atoms with Crippen molar-refractivity contribution in [2.75, 3.05) is 39.9 Å². The standard InChI is InChI=1S/C12H26N2O2/c1-3-13-11(6-9-15)10-14-7-4-12(16-2)5-8-14/h11-13,15H,3-10H2,1-2H3. The molecule has 0 radical (unpaired) electrons. The molecule has 0 aliphatic carbocycles. The summed E-state index contributed by atoms with van der Waals surface area (Å²) in [5.74, 6) is 0. The van der Waals surface area contributed by atoms with Crippen LogP contribution in [0.5, 0.6) is 0 Å². The number of ether oxygens (including phenoxy) is 1. The molecule has 0 aromatic heterocycles. The van der Waals surface area contributed by atoms with E-state index in [1.165, 1.54) is 0 Å². The first-order valence-electron chi connectivity index (χ1n) is 6.39. The van der Waals surface area contributed by atoms with Gasteiger partial charge in [-0.1, -0.05) is 6.92 Å². The van der Waals surface area contributed by atoms with Gasteiger partial charge in [-0.3, -0.25) is 0 Å². The first kappa shape index (κ1) is 13.9. The number of methoxy groups -OCH3 is 1. The molecule has 1 aliphatic heterocycles. The van der Waals surface area contributed by atoms with Gasteiger partial charge in [0.25, 0.3) is 0 Å². The summed E-state index contributed by atoms with van der Waals surface area (Å²) in [5, 5.41) is 12.4. The molecule has 2 N–H and O–H groups in total. The second-order valence-corrected chi connectivity index (χ2v) is 4.50. The maximum Gasteiger partial charge on any atom is 0.0595 e. The van der Waals surface area contributed by atoms with E-state index in [4.69, 9.17) is 9.84 Å². The van der Waals surface area contributed by atoms with Crippen LogP contribution in [0.4, 0.5) is 0 Å². The third-order valence-electron chi connectivity index (χ3n) is 3.32. The Morgan fingerprint density at radius 3 is 2.62 bits per heavy atom. The Bertz CT molecular complexity index is 164. The Labute approximate surface area is 99.0 Å². The molecule has 0 saturated carbocycles. The van der Waals surface area contributed by atoms with Crippen molar-refractivity contribution in [3.8, 4) is 0 Å². The van der Waals surface area contributed by atoms with Crippen molar-refractivity contribution in [2.45, 2.75) is 38.3 Å². The Morgan fingerprint density at radius 2 is 2.12 bits per heavy atom. The van der Waals surface area contributed by atoms with Crippen LogP contribution in [-0.2, 0) is 4.74 Å². The zero-order chi connectivity index (χ0) is 11.8. The molecule has 4 heteroatoms. The molecule has 1 aliphatic rings. The minimum Gasteiger partial charge on any atom is -0.396 e. The van der Waals surface area contributed by atoms with E-state index in [1.54, 1.807) is 7.11 Å². The third kappa shape index (κ3) is 4.78. The van der Waals surface area contributed by atoms with E-state index in [0.29, 0.717) is 12.1 Å². The quantitative estimate of drug-likeness (QED) is 0.667. The van der Waals surface area contributed by atoms with Gasteiger partial charge < -0.3 is 20.1 Å². The number of likely N-dealkylation sites (N-methyl/N-ethyl adjacent to an activating group) is 1. The van der Waals surface area contributed by atoms with Gasteiger partial charge in [-0.05, 0) is 25.8 Å². The van der Waals surface area contributed by atoms with Crippen LogP contribution < -0.4 is 5.32 Å². The molecule has 1 heterocycles. The van der Waals surface area contributed by atoms with Crippen molar-refractivity contribution in [2.24, 2.45) is 0 Å². The highest BCUT2D eigenvalue weighted by Gasteiger charge is 2.20. The summed E-state index contributed by atoms with van der Waals surface area (Å²) < 4.78 is 5.36. The molecule has 16 heavy (non-hydrogen) atoms. The predicted molar refractivity (Wildman–Crippen MR) is 65.6 cm³/mol. The topological polar surface area (TPSA) is 44.7 Å². The van der Waals surface area contributed by atoms with E-state index in [0.717, 1.165) is 45.4 Å². The lowest BCUT2D eigenvalue weighted by Crippen LogP contribution is -2.45. The summed E-state index contributed by atoms with van der Waals surface area (Å²) in [6, 6.07) is 0.425. The number of aliphatic hydroxyl groups excluding tert-OH is 1. The van der Waals surface area contributed by atoms with Crippen molar-refractivity contribution in [3.05, 3.63) is 0 Å². The highest BCUT2D eigenvalue weighted by molar-refractivity contribution is 4.77. The summed E-state index contributed by atoms with van der Waals surface area (Å²) in [7, 11) is 1.80. The molecule has 1 unspecified atom stereocenters. The summed E-state index contributed by atoms with van der Waals surface area (Å²) in [6.07, 6.45) is 3.56. The average Bonchev–Trinajstić information content (AvgIpc) is 2.31. The smallest absolute Gasteiger partial charge is 0.0595 e. The second-order valence-electron chi connectivity index (χ2n) is 4.50. The fourth-order valence-electron chi connectivity index (χ4n) is 2.34. The average molecular weight is 230 g/mol. The van der Waals surface area contributed by atoms with Crippen molar-refractivity contribution >= 4 is 0 Å². The van der Waals surface area contributed by atoms with Gasteiger partial charge in [0.15, 0.2) is 0 Å². The normalized spacial score (nSPS) is 21.2. The SMILES string of the molecule is CCNC(CCO)CN1CCC(OC)CC1. The Balaban J connectivity index is 2.24. The number of hydrogen-bond donors (Lipinski definition) is 2. The first-order chi connectivity index (χ1) is 7.80. The molecule has 1 fully saturated rings. The fraction of sp³-hybridized carbons (Fsp3) is 1.00. The summed E-state index contributed by atoms with van der Waals surface area (Å²) in [6.45, 7) is 6.63. The van der Waals surface area contributed by atoms with Gasteiger partial charge in [0.1, 0.15) is 0 Å². The lowest BCUT2D eigenvalue weighted by atomic mass is 10.1. The van der Waals surface area contributed by atoms with Crippen LogP contribution in [0.15, 0.2) is 0 Å². The predicted octanol–water partition coefficient (Wildman–Crippen LogP) is 0.458. The zero-order valence-corrected chi connectivity index (χ0v) is 10.6. The van der Waals surface area contributed by atoms with Crippen molar-refractivity contribution in [1.82, 2.24) is 10.2 Å². The summed E-state index contributed by atoms with van der Waals surface area (Å²) in [4.78, 5) is 2.47. The molecule has 96 valence electrons. The third-order valence-corrected chi connectivity index (χ3v) is 3.32. The molecule has 1 rings (SSSR count). The van der Waals surface area contributed by atoms with Crippen LogP contribution >= 0.6 is 0 Å². The van der Waals surface area contributed by atoms with Gasteiger partial charge in [-0.25, -0.2) is 0 Å². The molecule has 1 atom stereocenters. The maximum absolute atomic E-state index is 8.99. The minimum atomic E-state index is 0.270.